The molecule has 0 saturated heterocycles. The summed E-state index contributed by atoms with van der Waals surface area (Å²) < 4.78 is 5.06. The van der Waals surface area contributed by atoms with Crippen molar-refractivity contribution in [3.8, 4) is 5.75 Å². The fourth-order valence-corrected chi connectivity index (χ4v) is 1.39. The zero-order chi connectivity index (χ0) is 13.5. The molecule has 4 nitrogen and oxygen atoms in total. The van der Waals surface area contributed by atoms with Crippen molar-refractivity contribution in [1.29, 1.82) is 0 Å². The molecule has 1 aromatic carbocycles. The van der Waals surface area contributed by atoms with Crippen LogP contribution < -0.4 is 15.8 Å². The molecule has 0 atom stereocenters. The Hall–Kier alpha value is -1.97. The maximum atomic E-state index is 11.5. The maximum absolute atomic E-state index is 11.5. The fraction of sp³-hybridized carbons (Fsp3) is 0.357. The molecule has 1 amide bonds. The lowest BCUT2D eigenvalue weighted by Gasteiger charge is -2.05. The largest absolute Gasteiger partial charge is 0.495 e. The topological polar surface area (TPSA) is 64.3 Å². The lowest BCUT2D eigenvalue weighted by Crippen LogP contribution is -2.25. The van der Waals surface area contributed by atoms with Gasteiger partial charge in [-0.2, -0.15) is 0 Å². The zero-order valence-corrected chi connectivity index (χ0v) is 11.1. The predicted molar refractivity (Wildman–Crippen MR) is 74.3 cm³/mol. The van der Waals surface area contributed by atoms with Gasteiger partial charge in [-0.1, -0.05) is 19.9 Å². The molecule has 0 aliphatic heterocycles. The van der Waals surface area contributed by atoms with Gasteiger partial charge in [-0.3, -0.25) is 4.79 Å². The average molecular weight is 248 g/mol. The summed E-state index contributed by atoms with van der Waals surface area (Å²) in [5.41, 5.74) is 7.20. The van der Waals surface area contributed by atoms with Crippen LogP contribution in [0, 0.1) is 5.92 Å². The molecule has 18 heavy (non-hydrogen) atoms. The van der Waals surface area contributed by atoms with Crippen LogP contribution in [-0.4, -0.2) is 19.6 Å². The van der Waals surface area contributed by atoms with Gasteiger partial charge < -0.3 is 15.8 Å². The first-order valence-electron chi connectivity index (χ1n) is 5.92. The van der Waals surface area contributed by atoms with Gasteiger partial charge in [-0.05, 0) is 29.7 Å². The fourth-order valence-electron chi connectivity index (χ4n) is 1.39. The third-order valence-electron chi connectivity index (χ3n) is 2.37. The Balaban J connectivity index is 2.61. The van der Waals surface area contributed by atoms with Crippen LogP contribution in [0.25, 0.3) is 6.08 Å². The highest BCUT2D eigenvalue weighted by Gasteiger charge is 2.00. The molecule has 0 spiro atoms. The highest BCUT2D eigenvalue weighted by molar-refractivity contribution is 5.91. The standard InChI is InChI=1S/C14H20N2O2/c1-10(2)9-16-14(17)7-5-11-4-6-13(18-3)12(15)8-11/h4-8,10H,9,15H2,1-3H3,(H,16,17)/b7-5+. The molecule has 0 heterocycles. The van der Waals surface area contributed by atoms with Gasteiger partial charge in [-0.15, -0.1) is 0 Å². The second-order valence-corrected chi connectivity index (χ2v) is 4.47. The Morgan fingerprint density at radius 3 is 2.78 bits per heavy atom. The number of nitrogen functional groups attached to an aromatic ring is 1. The van der Waals surface area contributed by atoms with E-state index >= 15 is 0 Å². The van der Waals surface area contributed by atoms with Crippen molar-refractivity contribution in [3.05, 3.63) is 29.8 Å². The SMILES string of the molecule is COc1ccc(/C=C/C(=O)NCC(C)C)cc1N. The van der Waals surface area contributed by atoms with Crippen molar-refractivity contribution >= 4 is 17.7 Å². The number of hydrogen-bond donors (Lipinski definition) is 2. The van der Waals surface area contributed by atoms with Crippen LogP contribution in [0.4, 0.5) is 5.69 Å². The number of methoxy groups -OCH3 is 1. The molecule has 3 N–H and O–H groups in total. The Morgan fingerprint density at radius 1 is 1.50 bits per heavy atom. The van der Waals surface area contributed by atoms with Crippen molar-refractivity contribution in [1.82, 2.24) is 5.32 Å². The van der Waals surface area contributed by atoms with Gasteiger partial charge in [0.15, 0.2) is 0 Å². The quantitative estimate of drug-likeness (QED) is 0.619. The van der Waals surface area contributed by atoms with Crippen LogP contribution in [0.3, 0.4) is 0 Å². The van der Waals surface area contributed by atoms with Crippen LogP contribution in [0.5, 0.6) is 5.75 Å². The molecule has 4 heteroatoms. The first-order valence-corrected chi connectivity index (χ1v) is 5.92. The van der Waals surface area contributed by atoms with Gasteiger partial charge in [0, 0.05) is 12.6 Å². The van der Waals surface area contributed by atoms with Crippen molar-refractivity contribution in [2.24, 2.45) is 5.92 Å². The number of amides is 1. The molecule has 0 bridgehead atoms. The van der Waals surface area contributed by atoms with Crippen molar-refractivity contribution in [2.75, 3.05) is 19.4 Å². The molecule has 1 rings (SSSR count). The number of hydrogen-bond acceptors (Lipinski definition) is 3. The summed E-state index contributed by atoms with van der Waals surface area (Å²) in [7, 11) is 1.57. The first kappa shape index (κ1) is 14.1. The van der Waals surface area contributed by atoms with Crippen LogP contribution in [0.2, 0.25) is 0 Å². The molecular weight excluding hydrogens is 228 g/mol. The van der Waals surface area contributed by atoms with Gasteiger partial charge in [0.25, 0.3) is 0 Å². The van der Waals surface area contributed by atoms with E-state index in [1.54, 1.807) is 25.3 Å². The summed E-state index contributed by atoms with van der Waals surface area (Å²) in [5.74, 6) is 0.980. The second kappa shape index (κ2) is 6.69. The van der Waals surface area contributed by atoms with E-state index in [2.05, 4.69) is 5.32 Å². The summed E-state index contributed by atoms with van der Waals surface area (Å²) >= 11 is 0. The first-order chi connectivity index (χ1) is 8.52. The maximum Gasteiger partial charge on any atom is 0.244 e. The predicted octanol–water partition coefficient (Wildman–Crippen LogP) is 2.06. The minimum absolute atomic E-state index is 0.0990. The van der Waals surface area contributed by atoms with E-state index in [4.69, 9.17) is 10.5 Å². The molecule has 0 fully saturated rings. The highest BCUT2D eigenvalue weighted by atomic mass is 16.5. The molecule has 1 aromatic rings. The number of nitrogens with one attached hydrogen (secondary N) is 1. The third-order valence-corrected chi connectivity index (χ3v) is 2.37. The Morgan fingerprint density at radius 2 is 2.22 bits per heavy atom. The number of benzene rings is 1. The van der Waals surface area contributed by atoms with Crippen LogP contribution in [-0.2, 0) is 4.79 Å². The third kappa shape index (κ3) is 4.49. The Bertz CT molecular complexity index is 439. The molecule has 0 saturated carbocycles. The molecular formula is C14H20N2O2. The molecule has 0 radical (unpaired) electrons. The van der Waals surface area contributed by atoms with E-state index in [1.165, 1.54) is 6.08 Å². The van der Waals surface area contributed by atoms with E-state index in [1.807, 2.05) is 19.9 Å². The monoisotopic (exact) mass is 248 g/mol. The lowest BCUT2D eigenvalue weighted by atomic mass is 10.1. The molecule has 98 valence electrons. The lowest BCUT2D eigenvalue weighted by molar-refractivity contribution is -0.116. The van der Waals surface area contributed by atoms with Gasteiger partial charge in [0.1, 0.15) is 5.75 Å². The normalized spacial score (nSPS) is 10.9. The number of nitrogens with two attached hydrogens (primary N) is 1. The summed E-state index contributed by atoms with van der Waals surface area (Å²) in [6, 6.07) is 5.40. The highest BCUT2D eigenvalue weighted by Crippen LogP contribution is 2.22. The average Bonchev–Trinajstić information content (AvgIpc) is 2.34. The van der Waals surface area contributed by atoms with E-state index in [0.717, 1.165) is 5.56 Å². The zero-order valence-electron chi connectivity index (χ0n) is 11.1. The van der Waals surface area contributed by atoms with E-state index in [0.29, 0.717) is 23.9 Å². The van der Waals surface area contributed by atoms with Crippen molar-refractivity contribution in [2.45, 2.75) is 13.8 Å². The minimum atomic E-state index is -0.0990. The molecule has 0 aliphatic carbocycles. The Kier molecular flexibility index (Phi) is 5.24. The van der Waals surface area contributed by atoms with Crippen LogP contribution in [0.15, 0.2) is 24.3 Å². The number of rotatable bonds is 5. The summed E-state index contributed by atoms with van der Waals surface area (Å²) in [5, 5.41) is 2.81. The van der Waals surface area contributed by atoms with Crippen molar-refractivity contribution in [3.63, 3.8) is 0 Å². The summed E-state index contributed by atoms with van der Waals surface area (Å²) in [6.45, 7) is 4.77. The molecule has 0 aliphatic rings. The van der Waals surface area contributed by atoms with E-state index in [9.17, 15) is 4.79 Å². The van der Waals surface area contributed by atoms with Crippen LogP contribution in [0.1, 0.15) is 19.4 Å². The van der Waals surface area contributed by atoms with Crippen LogP contribution >= 0.6 is 0 Å². The van der Waals surface area contributed by atoms with E-state index < -0.39 is 0 Å². The smallest absolute Gasteiger partial charge is 0.244 e. The van der Waals surface area contributed by atoms with Gasteiger partial charge in [0.2, 0.25) is 5.91 Å². The minimum Gasteiger partial charge on any atom is -0.495 e. The Labute approximate surface area is 108 Å². The number of carbonyl (C=O) groups excluding carboxylic acids is 1. The van der Waals surface area contributed by atoms with Gasteiger partial charge in [-0.25, -0.2) is 0 Å². The second-order valence-electron chi connectivity index (χ2n) is 4.47. The van der Waals surface area contributed by atoms with E-state index in [-0.39, 0.29) is 5.91 Å². The molecule has 0 aromatic heterocycles. The van der Waals surface area contributed by atoms with Gasteiger partial charge in [0.05, 0.1) is 12.8 Å². The van der Waals surface area contributed by atoms with Gasteiger partial charge >= 0.3 is 0 Å². The number of anilines is 1. The molecule has 0 unspecified atom stereocenters. The number of ether oxygens (including phenoxy) is 1. The summed E-state index contributed by atoms with van der Waals surface area (Å²) in [4.78, 5) is 11.5. The van der Waals surface area contributed by atoms with Crippen molar-refractivity contribution < 1.29 is 9.53 Å². The summed E-state index contributed by atoms with van der Waals surface area (Å²) in [6.07, 6.45) is 3.23. The number of carbonyl (C=O) groups is 1.